The lowest BCUT2D eigenvalue weighted by Gasteiger charge is -2.11. The first-order valence-electron chi connectivity index (χ1n) is 2.88. The van der Waals surface area contributed by atoms with Gasteiger partial charge in [-0.25, -0.2) is 0 Å². The molecule has 0 aromatic carbocycles. The number of rotatable bonds is 1. The number of ether oxygens (including phenoxy) is 1. The van der Waals surface area contributed by atoms with Crippen molar-refractivity contribution in [1.82, 2.24) is 0 Å². The zero-order chi connectivity index (χ0) is 6.53. The predicted molar refractivity (Wildman–Crippen MR) is 38.1 cm³/mol. The number of hydrogen-bond acceptors (Lipinski definition) is 3. The van der Waals surface area contributed by atoms with Gasteiger partial charge in [-0.3, -0.25) is 0 Å². The van der Waals surface area contributed by atoms with Gasteiger partial charge in [0.05, 0.1) is 20.0 Å². The van der Waals surface area contributed by atoms with E-state index in [0.29, 0.717) is 0 Å². The lowest BCUT2D eigenvalue weighted by atomic mass is 10.2. The van der Waals surface area contributed by atoms with Gasteiger partial charge < -0.3 is 8.92 Å². The van der Waals surface area contributed by atoms with E-state index in [1.54, 1.807) is 13.4 Å². The van der Waals surface area contributed by atoms with Crippen LogP contribution in [0.15, 0.2) is 11.8 Å². The van der Waals surface area contributed by atoms with Crippen molar-refractivity contribution in [2.24, 2.45) is 0 Å². The third-order valence-corrected chi connectivity index (χ3v) is 1.94. The van der Waals surface area contributed by atoms with Gasteiger partial charge in [-0.2, -0.15) is 0 Å². The second-order valence-electron chi connectivity index (χ2n) is 1.85. The van der Waals surface area contributed by atoms with E-state index in [-0.39, 0.29) is 0 Å². The van der Waals surface area contributed by atoms with Gasteiger partial charge in [-0.1, -0.05) is 0 Å². The molecule has 1 aliphatic rings. The Hall–Kier alpha value is -0.150. The quantitative estimate of drug-likeness (QED) is 0.413. The summed E-state index contributed by atoms with van der Waals surface area (Å²) in [5.74, 6) is 0.952. The van der Waals surface area contributed by atoms with Crippen molar-refractivity contribution in [3.63, 3.8) is 0 Å². The molecule has 0 radical (unpaired) electrons. The van der Waals surface area contributed by atoms with E-state index in [2.05, 4.69) is 0 Å². The van der Waals surface area contributed by atoms with Crippen molar-refractivity contribution in [2.45, 2.75) is 6.42 Å². The molecule has 1 rings (SSSR count). The van der Waals surface area contributed by atoms with Crippen LogP contribution in [0.3, 0.4) is 0 Å². The molecular weight excluding hydrogens is 136 g/mol. The topological polar surface area (TPSA) is 18.5 Å². The van der Waals surface area contributed by atoms with Gasteiger partial charge in [0.15, 0.2) is 0 Å². The third-order valence-electron chi connectivity index (χ3n) is 1.12. The predicted octanol–water partition coefficient (Wildman–Crippen LogP) is 1.59. The maximum Gasteiger partial charge on any atom is 0.0826 e. The van der Waals surface area contributed by atoms with Gasteiger partial charge in [0.1, 0.15) is 0 Å². The number of methoxy groups -OCH3 is 1. The average molecular weight is 146 g/mol. The van der Waals surface area contributed by atoms with Crippen LogP contribution in [-0.4, -0.2) is 19.5 Å². The van der Waals surface area contributed by atoms with Gasteiger partial charge in [0.2, 0.25) is 0 Å². The molecule has 0 N–H and O–H groups in total. The Labute approximate surface area is 59.4 Å². The molecule has 1 aliphatic heterocycles. The summed E-state index contributed by atoms with van der Waals surface area (Å²) < 4.78 is 9.92. The summed E-state index contributed by atoms with van der Waals surface area (Å²) in [6, 6.07) is 0. The molecule has 0 unspecified atom stereocenters. The maximum absolute atomic E-state index is 5.07. The highest BCUT2D eigenvalue weighted by atomic mass is 32.2. The van der Waals surface area contributed by atoms with Crippen molar-refractivity contribution in [3.05, 3.63) is 11.8 Å². The molecule has 52 valence electrons. The Bertz CT molecular complexity index is 104. The molecule has 3 heteroatoms. The zero-order valence-corrected chi connectivity index (χ0v) is 6.24. The molecule has 0 atom stereocenters. The zero-order valence-electron chi connectivity index (χ0n) is 5.42. The van der Waals surface area contributed by atoms with E-state index in [1.807, 2.05) is 0 Å². The van der Waals surface area contributed by atoms with E-state index in [9.17, 15) is 0 Å². The van der Waals surface area contributed by atoms with E-state index in [1.165, 1.54) is 17.6 Å². The fraction of sp³-hybridized carbons (Fsp3) is 0.667. The van der Waals surface area contributed by atoms with Crippen LogP contribution in [0, 0.1) is 0 Å². The maximum atomic E-state index is 5.07. The molecule has 0 aliphatic carbocycles. The van der Waals surface area contributed by atoms with Crippen molar-refractivity contribution in [3.8, 4) is 0 Å². The molecule has 0 saturated carbocycles. The first-order chi connectivity index (χ1) is 4.43. The monoisotopic (exact) mass is 146 g/mol. The SMILES string of the molecule is COC=C1CCOSC1. The minimum Gasteiger partial charge on any atom is -0.504 e. The summed E-state index contributed by atoms with van der Waals surface area (Å²) in [6.45, 7) is 0.819. The molecule has 0 aromatic rings. The Balaban J connectivity index is 2.30. The van der Waals surface area contributed by atoms with E-state index < -0.39 is 0 Å². The molecule has 0 bridgehead atoms. The van der Waals surface area contributed by atoms with Crippen molar-refractivity contribution < 1.29 is 8.92 Å². The third kappa shape index (κ3) is 2.28. The Morgan fingerprint density at radius 1 is 1.78 bits per heavy atom. The largest absolute Gasteiger partial charge is 0.504 e. The summed E-state index contributed by atoms with van der Waals surface area (Å²) in [5.41, 5.74) is 1.33. The van der Waals surface area contributed by atoms with Crippen LogP contribution in [0.5, 0.6) is 0 Å². The fourth-order valence-electron chi connectivity index (χ4n) is 0.681. The molecule has 1 fully saturated rings. The Morgan fingerprint density at radius 3 is 3.22 bits per heavy atom. The highest BCUT2D eigenvalue weighted by Gasteiger charge is 2.05. The molecule has 1 saturated heterocycles. The van der Waals surface area contributed by atoms with E-state index in [4.69, 9.17) is 8.92 Å². The normalized spacial score (nSPS) is 24.3. The Morgan fingerprint density at radius 2 is 2.67 bits per heavy atom. The van der Waals surface area contributed by atoms with Gasteiger partial charge in [-0.05, 0) is 24.0 Å². The number of hydrogen-bond donors (Lipinski definition) is 0. The molecule has 2 nitrogen and oxygen atoms in total. The van der Waals surface area contributed by atoms with E-state index in [0.717, 1.165) is 18.8 Å². The van der Waals surface area contributed by atoms with Crippen LogP contribution in [0.4, 0.5) is 0 Å². The summed E-state index contributed by atoms with van der Waals surface area (Å²) >= 11 is 1.49. The van der Waals surface area contributed by atoms with Crippen molar-refractivity contribution >= 4 is 12.0 Å². The highest BCUT2D eigenvalue weighted by molar-refractivity contribution is 7.94. The summed E-state index contributed by atoms with van der Waals surface area (Å²) in [5, 5.41) is 0. The minimum absolute atomic E-state index is 0.819. The van der Waals surface area contributed by atoms with Crippen LogP contribution in [0.1, 0.15) is 6.42 Å². The van der Waals surface area contributed by atoms with Crippen LogP contribution in [0.2, 0.25) is 0 Å². The first kappa shape index (κ1) is 6.96. The van der Waals surface area contributed by atoms with Gasteiger partial charge in [0, 0.05) is 5.75 Å². The van der Waals surface area contributed by atoms with Gasteiger partial charge in [-0.15, -0.1) is 0 Å². The second kappa shape index (κ2) is 3.80. The van der Waals surface area contributed by atoms with Crippen molar-refractivity contribution in [2.75, 3.05) is 19.5 Å². The smallest absolute Gasteiger partial charge is 0.0826 e. The molecule has 0 amide bonds. The molecule has 0 aromatic heterocycles. The highest BCUT2D eigenvalue weighted by Crippen LogP contribution is 2.19. The Kier molecular flexibility index (Phi) is 2.94. The standard InChI is InChI=1S/C6H10O2S/c1-7-4-6-2-3-8-9-5-6/h4H,2-3,5H2,1H3. The summed E-state index contributed by atoms with van der Waals surface area (Å²) in [6.07, 6.45) is 2.82. The van der Waals surface area contributed by atoms with E-state index >= 15 is 0 Å². The van der Waals surface area contributed by atoms with Crippen molar-refractivity contribution in [1.29, 1.82) is 0 Å². The summed E-state index contributed by atoms with van der Waals surface area (Å²) in [7, 11) is 1.67. The van der Waals surface area contributed by atoms with Crippen LogP contribution in [-0.2, 0) is 8.92 Å². The fourth-order valence-corrected chi connectivity index (χ4v) is 1.33. The van der Waals surface area contributed by atoms with Crippen LogP contribution >= 0.6 is 12.0 Å². The molecule has 1 heterocycles. The second-order valence-corrected chi connectivity index (χ2v) is 2.61. The average Bonchev–Trinajstić information content (AvgIpc) is 1.91. The van der Waals surface area contributed by atoms with Crippen LogP contribution in [0.25, 0.3) is 0 Å². The first-order valence-corrected chi connectivity index (χ1v) is 3.79. The van der Waals surface area contributed by atoms with Gasteiger partial charge >= 0.3 is 0 Å². The minimum atomic E-state index is 0.819. The summed E-state index contributed by atoms with van der Waals surface area (Å²) in [4.78, 5) is 0. The molecular formula is C6H10O2S. The molecule has 0 spiro atoms. The molecule has 9 heavy (non-hydrogen) atoms. The van der Waals surface area contributed by atoms with Crippen LogP contribution < -0.4 is 0 Å². The lowest BCUT2D eigenvalue weighted by Crippen LogP contribution is -2.01. The van der Waals surface area contributed by atoms with Gasteiger partial charge in [0.25, 0.3) is 0 Å². The lowest BCUT2D eigenvalue weighted by molar-refractivity contribution is 0.322.